The third-order valence-electron chi connectivity index (χ3n) is 6.46. The zero-order chi connectivity index (χ0) is 25.5. The van der Waals surface area contributed by atoms with Crippen LogP contribution in [0.4, 0.5) is 13.2 Å². The number of rotatable bonds is 3. The quantitative estimate of drug-likeness (QED) is 0.571. The minimum absolute atomic E-state index is 0.0139. The first-order valence-corrected chi connectivity index (χ1v) is 11.2. The number of carbonyl (C=O) groups excluding carboxylic acids is 1. The van der Waals surface area contributed by atoms with Gasteiger partial charge in [-0.3, -0.25) is 19.1 Å². The smallest absolute Gasteiger partial charge is 0.339 e. The van der Waals surface area contributed by atoms with E-state index in [1.165, 1.54) is 30.8 Å². The van der Waals surface area contributed by atoms with Crippen molar-refractivity contribution in [1.29, 1.82) is 0 Å². The van der Waals surface area contributed by atoms with Crippen LogP contribution in [0.15, 0.2) is 46.5 Å². The summed E-state index contributed by atoms with van der Waals surface area (Å²) in [6.45, 7) is 3.92. The standard InChI is InChI=1S/C25H26F3N5O2/c1-15-18(6-5-7-21(15)25(26,27)28)13-29-22-20-12-19(17-8-10-33(11-9-17)16(2)34)24(35)32(4)23(20)31(3)14-30-22/h5-8,12,14H,9-11,13H2,1-4H3. The van der Waals surface area contributed by atoms with Crippen LogP contribution in [-0.4, -0.2) is 38.0 Å². The number of aromatic nitrogens is 3. The van der Waals surface area contributed by atoms with E-state index in [4.69, 9.17) is 0 Å². The molecule has 0 aliphatic carbocycles. The molecule has 0 unspecified atom stereocenters. The summed E-state index contributed by atoms with van der Waals surface area (Å²) in [4.78, 5) is 35.5. The maximum atomic E-state index is 13.3. The molecule has 1 aromatic carbocycles. The number of benzene rings is 1. The highest BCUT2D eigenvalue weighted by Gasteiger charge is 2.32. The van der Waals surface area contributed by atoms with Crippen molar-refractivity contribution in [2.75, 3.05) is 13.1 Å². The number of aryl methyl sites for hydroxylation is 2. The summed E-state index contributed by atoms with van der Waals surface area (Å²) < 4.78 is 43.2. The van der Waals surface area contributed by atoms with Crippen molar-refractivity contribution in [3.8, 4) is 0 Å². The van der Waals surface area contributed by atoms with Gasteiger partial charge in [0, 0.05) is 39.7 Å². The maximum absolute atomic E-state index is 13.3. The average molecular weight is 486 g/mol. The Balaban J connectivity index is 1.84. The molecule has 0 fully saturated rings. The molecular formula is C25H26F3N5O2. The van der Waals surface area contributed by atoms with Crippen molar-refractivity contribution < 1.29 is 18.0 Å². The molecule has 7 nitrogen and oxygen atoms in total. The maximum Gasteiger partial charge on any atom is 0.416 e. The van der Waals surface area contributed by atoms with E-state index in [9.17, 15) is 22.8 Å². The number of halogens is 3. The second-order valence-corrected chi connectivity index (χ2v) is 8.69. The molecule has 3 heterocycles. The van der Waals surface area contributed by atoms with Gasteiger partial charge in [-0.2, -0.15) is 13.2 Å². The molecular weight excluding hydrogens is 459 g/mol. The van der Waals surface area contributed by atoms with E-state index < -0.39 is 11.7 Å². The van der Waals surface area contributed by atoms with Crippen molar-refractivity contribution in [1.82, 2.24) is 19.0 Å². The second-order valence-electron chi connectivity index (χ2n) is 8.69. The van der Waals surface area contributed by atoms with Gasteiger partial charge < -0.3 is 9.47 Å². The van der Waals surface area contributed by atoms with Crippen LogP contribution in [0.25, 0.3) is 16.6 Å². The summed E-state index contributed by atoms with van der Waals surface area (Å²) in [5, 5.41) is 0.617. The molecule has 1 aliphatic heterocycles. The van der Waals surface area contributed by atoms with Crippen LogP contribution in [-0.2, 0) is 31.6 Å². The molecule has 2 aromatic heterocycles. The van der Waals surface area contributed by atoms with E-state index in [1.54, 1.807) is 35.7 Å². The highest BCUT2D eigenvalue weighted by molar-refractivity contribution is 5.81. The fourth-order valence-electron chi connectivity index (χ4n) is 4.46. The largest absolute Gasteiger partial charge is 0.416 e. The number of fused-ring (bicyclic) bond motifs is 1. The summed E-state index contributed by atoms with van der Waals surface area (Å²) in [5.41, 5.74) is 2.00. The highest BCUT2D eigenvalue weighted by atomic mass is 19.4. The van der Waals surface area contributed by atoms with Crippen LogP contribution >= 0.6 is 0 Å². The van der Waals surface area contributed by atoms with Gasteiger partial charge in [-0.15, -0.1) is 0 Å². The molecule has 4 rings (SSSR count). The lowest BCUT2D eigenvalue weighted by Crippen LogP contribution is -2.34. The van der Waals surface area contributed by atoms with Crippen molar-refractivity contribution >= 4 is 22.5 Å². The molecule has 0 saturated heterocycles. The Bertz CT molecular complexity index is 1480. The summed E-state index contributed by atoms with van der Waals surface area (Å²) >= 11 is 0. The molecule has 3 aromatic rings. The van der Waals surface area contributed by atoms with E-state index in [2.05, 4.69) is 9.98 Å². The van der Waals surface area contributed by atoms with Crippen LogP contribution in [0.2, 0.25) is 0 Å². The normalized spacial score (nSPS) is 15.0. The first-order chi connectivity index (χ1) is 16.5. The van der Waals surface area contributed by atoms with E-state index in [-0.39, 0.29) is 23.6 Å². The molecule has 184 valence electrons. The van der Waals surface area contributed by atoms with Gasteiger partial charge in [-0.05, 0) is 42.2 Å². The fraction of sp³-hybridized carbons (Fsp3) is 0.360. The van der Waals surface area contributed by atoms with Crippen LogP contribution < -0.4 is 11.0 Å². The van der Waals surface area contributed by atoms with Gasteiger partial charge >= 0.3 is 6.18 Å². The van der Waals surface area contributed by atoms with Gasteiger partial charge in [0.1, 0.15) is 5.65 Å². The number of carbonyl (C=O) groups is 1. The summed E-state index contributed by atoms with van der Waals surface area (Å²) in [6.07, 6.45) is -0.483. The van der Waals surface area contributed by atoms with E-state index in [0.29, 0.717) is 47.2 Å². The van der Waals surface area contributed by atoms with Gasteiger partial charge in [0.2, 0.25) is 5.91 Å². The molecule has 0 atom stereocenters. The van der Waals surface area contributed by atoms with Crippen molar-refractivity contribution in [3.63, 3.8) is 0 Å². The second kappa shape index (κ2) is 9.16. The lowest BCUT2D eigenvalue weighted by molar-refractivity contribution is -0.138. The van der Waals surface area contributed by atoms with Crippen molar-refractivity contribution in [3.05, 3.63) is 74.8 Å². The van der Waals surface area contributed by atoms with Crippen LogP contribution in [0.5, 0.6) is 0 Å². The number of amides is 1. The molecule has 0 radical (unpaired) electrons. The van der Waals surface area contributed by atoms with Crippen molar-refractivity contribution in [2.45, 2.75) is 33.0 Å². The van der Waals surface area contributed by atoms with E-state index in [0.717, 1.165) is 11.6 Å². The Morgan fingerprint density at radius 2 is 1.97 bits per heavy atom. The molecule has 0 bridgehead atoms. The topological polar surface area (TPSA) is 72.5 Å². The summed E-state index contributed by atoms with van der Waals surface area (Å²) in [5.74, 6) is -0.0195. The number of alkyl halides is 3. The average Bonchev–Trinajstić information content (AvgIpc) is 2.80. The predicted octanol–water partition coefficient (Wildman–Crippen LogP) is 3.34. The number of hydrogen-bond acceptors (Lipinski definition) is 4. The molecule has 35 heavy (non-hydrogen) atoms. The van der Waals surface area contributed by atoms with Crippen LogP contribution in [0, 0.1) is 6.92 Å². The first kappa shape index (κ1) is 24.4. The zero-order valence-electron chi connectivity index (χ0n) is 20.0. The number of nitrogens with zero attached hydrogens (tertiary/aromatic N) is 5. The van der Waals surface area contributed by atoms with Gasteiger partial charge in [-0.25, -0.2) is 4.98 Å². The SMILES string of the molecule is CC(=O)N1CC=C(c2cc3c(=NCc4cccc(C(F)(F)F)c4C)ncn(C)c3n(C)c2=O)CC1. The first-order valence-electron chi connectivity index (χ1n) is 11.2. The minimum Gasteiger partial charge on any atom is -0.339 e. The third-order valence-corrected chi connectivity index (χ3v) is 6.46. The Labute approximate surface area is 199 Å². The molecule has 1 amide bonds. The van der Waals surface area contributed by atoms with Crippen LogP contribution in [0.3, 0.4) is 0 Å². The van der Waals surface area contributed by atoms with Gasteiger partial charge in [0.25, 0.3) is 5.56 Å². The Hall–Kier alpha value is -3.69. The lowest BCUT2D eigenvalue weighted by atomic mass is 9.99. The zero-order valence-corrected chi connectivity index (χ0v) is 20.0. The number of hydrogen-bond donors (Lipinski definition) is 0. The molecule has 0 saturated carbocycles. The Morgan fingerprint density at radius 1 is 1.23 bits per heavy atom. The van der Waals surface area contributed by atoms with Gasteiger partial charge in [0.05, 0.1) is 23.8 Å². The van der Waals surface area contributed by atoms with Crippen molar-refractivity contribution in [2.24, 2.45) is 19.1 Å². The van der Waals surface area contributed by atoms with E-state index in [1.807, 2.05) is 6.08 Å². The Kier molecular flexibility index (Phi) is 6.40. The predicted molar refractivity (Wildman–Crippen MR) is 126 cm³/mol. The van der Waals surface area contributed by atoms with Gasteiger partial charge in [-0.1, -0.05) is 18.2 Å². The van der Waals surface area contributed by atoms with E-state index >= 15 is 0 Å². The fourth-order valence-corrected chi connectivity index (χ4v) is 4.46. The molecule has 0 spiro atoms. The molecule has 1 aliphatic rings. The van der Waals surface area contributed by atoms with Gasteiger partial charge in [0.15, 0.2) is 5.49 Å². The Morgan fingerprint density at radius 3 is 2.60 bits per heavy atom. The lowest BCUT2D eigenvalue weighted by Gasteiger charge is -2.25. The molecule has 0 N–H and O–H groups in total. The number of pyridine rings is 1. The minimum atomic E-state index is -4.44. The summed E-state index contributed by atoms with van der Waals surface area (Å²) in [6, 6.07) is 5.80. The monoisotopic (exact) mass is 485 g/mol. The van der Waals surface area contributed by atoms with Crippen LogP contribution in [0.1, 0.15) is 35.6 Å². The molecule has 10 heteroatoms. The third kappa shape index (κ3) is 4.65. The summed E-state index contributed by atoms with van der Waals surface area (Å²) in [7, 11) is 3.43. The highest BCUT2D eigenvalue weighted by Crippen LogP contribution is 2.33.